The maximum absolute atomic E-state index is 14.5. The Balaban J connectivity index is 1.71. The van der Waals surface area contributed by atoms with Crippen LogP contribution in [0.25, 0.3) is 10.9 Å². The van der Waals surface area contributed by atoms with Crippen LogP contribution in [0.3, 0.4) is 0 Å². The third-order valence-corrected chi connectivity index (χ3v) is 7.20. The van der Waals surface area contributed by atoms with Gasteiger partial charge in [0, 0.05) is 52.8 Å². The summed E-state index contributed by atoms with van der Waals surface area (Å²) in [5.41, 5.74) is 0.718. The SMILES string of the molecule is Cc1c(N2CCCC(F)(F)C2)nc2ccc(Br)cc2c1C(=O)NC[C@@H](CCC(=O)O)c1c(F)cccc1F. The van der Waals surface area contributed by atoms with Gasteiger partial charge in [0.1, 0.15) is 17.5 Å². The molecule has 6 nitrogen and oxygen atoms in total. The third kappa shape index (κ3) is 6.09. The second-order valence-corrected chi connectivity index (χ2v) is 10.4. The molecule has 3 aromatic rings. The van der Waals surface area contributed by atoms with Crippen molar-refractivity contribution in [2.24, 2.45) is 0 Å². The molecule has 4 rings (SSSR count). The molecule has 11 heteroatoms. The van der Waals surface area contributed by atoms with E-state index in [0.717, 1.165) is 12.1 Å². The smallest absolute Gasteiger partial charge is 0.303 e. The molecule has 202 valence electrons. The molecule has 2 aromatic carbocycles. The van der Waals surface area contributed by atoms with Gasteiger partial charge < -0.3 is 15.3 Å². The molecule has 1 aromatic heterocycles. The summed E-state index contributed by atoms with van der Waals surface area (Å²) in [5.74, 6) is -6.96. The van der Waals surface area contributed by atoms with Gasteiger partial charge in [0.2, 0.25) is 0 Å². The number of fused-ring (bicyclic) bond motifs is 1. The highest BCUT2D eigenvalue weighted by molar-refractivity contribution is 9.10. The van der Waals surface area contributed by atoms with Crippen LogP contribution < -0.4 is 10.2 Å². The predicted octanol–water partition coefficient (Wildman–Crippen LogP) is 6.20. The first-order chi connectivity index (χ1) is 18.0. The highest BCUT2D eigenvalue weighted by Gasteiger charge is 2.37. The highest BCUT2D eigenvalue weighted by Crippen LogP contribution is 2.35. The summed E-state index contributed by atoms with van der Waals surface area (Å²) in [6.07, 6.45) is -0.413. The van der Waals surface area contributed by atoms with Crippen molar-refractivity contribution in [3.63, 3.8) is 0 Å². The van der Waals surface area contributed by atoms with Gasteiger partial charge in [-0.05, 0) is 50.1 Å². The first-order valence-electron chi connectivity index (χ1n) is 12.1. The zero-order valence-electron chi connectivity index (χ0n) is 20.5. The van der Waals surface area contributed by atoms with E-state index in [0.29, 0.717) is 27.5 Å². The van der Waals surface area contributed by atoms with E-state index >= 15 is 0 Å². The normalized spacial score (nSPS) is 15.9. The molecule has 1 fully saturated rings. The maximum Gasteiger partial charge on any atom is 0.303 e. The molecule has 1 aliphatic heterocycles. The largest absolute Gasteiger partial charge is 0.481 e. The Morgan fingerprint density at radius 1 is 1.21 bits per heavy atom. The Bertz CT molecular complexity index is 1370. The van der Waals surface area contributed by atoms with Gasteiger partial charge in [-0.2, -0.15) is 0 Å². The topological polar surface area (TPSA) is 82.5 Å². The molecule has 1 aliphatic rings. The maximum atomic E-state index is 14.5. The molecule has 0 bridgehead atoms. The summed E-state index contributed by atoms with van der Waals surface area (Å²) in [6.45, 7) is 1.23. The molecule has 1 amide bonds. The van der Waals surface area contributed by atoms with Gasteiger partial charge >= 0.3 is 5.97 Å². The first-order valence-corrected chi connectivity index (χ1v) is 12.9. The lowest BCUT2D eigenvalue weighted by atomic mass is 9.92. The van der Waals surface area contributed by atoms with Gasteiger partial charge in [0.25, 0.3) is 11.8 Å². The number of nitrogens with one attached hydrogen (secondary N) is 1. The van der Waals surface area contributed by atoms with Crippen molar-refractivity contribution in [1.82, 2.24) is 10.3 Å². The summed E-state index contributed by atoms with van der Waals surface area (Å²) in [6, 6.07) is 8.45. The number of benzene rings is 2. The summed E-state index contributed by atoms with van der Waals surface area (Å²) < 4.78 is 58.1. The van der Waals surface area contributed by atoms with Crippen LogP contribution in [0.2, 0.25) is 0 Å². The Morgan fingerprint density at radius 3 is 2.58 bits per heavy atom. The summed E-state index contributed by atoms with van der Waals surface area (Å²) in [7, 11) is 0. The molecular formula is C27H26BrF4N3O3. The van der Waals surface area contributed by atoms with Crippen LogP contribution in [0.5, 0.6) is 0 Å². The van der Waals surface area contributed by atoms with Gasteiger partial charge in [-0.1, -0.05) is 22.0 Å². The van der Waals surface area contributed by atoms with Crippen molar-refractivity contribution < 1.29 is 32.3 Å². The Hall–Kier alpha value is -3.21. The number of hydrogen-bond acceptors (Lipinski definition) is 4. The first kappa shape index (κ1) is 27.8. The summed E-state index contributed by atoms with van der Waals surface area (Å²) in [5, 5.41) is 12.3. The van der Waals surface area contributed by atoms with E-state index in [4.69, 9.17) is 5.11 Å². The van der Waals surface area contributed by atoms with Gasteiger partial charge in [0.15, 0.2) is 0 Å². The Morgan fingerprint density at radius 2 is 1.92 bits per heavy atom. The molecule has 0 radical (unpaired) electrons. The number of carbonyl (C=O) groups excluding carboxylic acids is 1. The minimum atomic E-state index is -2.88. The number of pyridine rings is 1. The highest BCUT2D eigenvalue weighted by atomic mass is 79.9. The molecule has 0 spiro atoms. The van der Waals surface area contributed by atoms with E-state index in [9.17, 15) is 27.2 Å². The molecule has 38 heavy (non-hydrogen) atoms. The minimum Gasteiger partial charge on any atom is -0.481 e. The van der Waals surface area contributed by atoms with Crippen LogP contribution >= 0.6 is 15.9 Å². The molecule has 2 heterocycles. The number of carbonyl (C=O) groups is 2. The van der Waals surface area contributed by atoms with E-state index in [1.54, 1.807) is 25.1 Å². The van der Waals surface area contributed by atoms with E-state index in [-0.39, 0.29) is 49.2 Å². The van der Waals surface area contributed by atoms with Gasteiger partial charge in [0.05, 0.1) is 17.6 Å². The zero-order chi connectivity index (χ0) is 27.6. The van der Waals surface area contributed by atoms with Crippen molar-refractivity contribution in [1.29, 1.82) is 0 Å². The number of nitrogens with zero attached hydrogens (tertiary/aromatic N) is 2. The fourth-order valence-electron chi connectivity index (χ4n) is 4.92. The second-order valence-electron chi connectivity index (χ2n) is 9.45. The Labute approximate surface area is 225 Å². The fraction of sp³-hybridized carbons (Fsp3) is 0.370. The monoisotopic (exact) mass is 595 g/mol. The van der Waals surface area contributed by atoms with Crippen LogP contribution in [0, 0.1) is 18.6 Å². The third-order valence-electron chi connectivity index (χ3n) is 6.71. The lowest BCUT2D eigenvalue weighted by Crippen LogP contribution is -2.43. The van der Waals surface area contributed by atoms with Crippen LogP contribution in [-0.4, -0.2) is 47.5 Å². The zero-order valence-corrected chi connectivity index (χ0v) is 22.1. The fourth-order valence-corrected chi connectivity index (χ4v) is 5.28. The van der Waals surface area contributed by atoms with Crippen molar-refractivity contribution in [2.45, 2.75) is 44.4 Å². The summed E-state index contributed by atoms with van der Waals surface area (Å²) >= 11 is 3.39. The molecular weight excluding hydrogens is 570 g/mol. The van der Waals surface area contributed by atoms with E-state index < -0.39 is 41.9 Å². The lowest BCUT2D eigenvalue weighted by Gasteiger charge is -2.34. The van der Waals surface area contributed by atoms with E-state index in [1.165, 1.54) is 11.0 Å². The number of carboxylic acid groups (broad SMARTS) is 1. The van der Waals surface area contributed by atoms with E-state index in [1.807, 2.05) is 0 Å². The molecule has 0 saturated carbocycles. The number of rotatable bonds is 8. The number of anilines is 1. The van der Waals surface area contributed by atoms with Crippen LogP contribution in [0.4, 0.5) is 23.4 Å². The lowest BCUT2D eigenvalue weighted by molar-refractivity contribution is -0.137. The number of aromatic nitrogens is 1. The van der Waals surface area contributed by atoms with Gasteiger partial charge in [-0.25, -0.2) is 22.5 Å². The van der Waals surface area contributed by atoms with Crippen LogP contribution in [-0.2, 0) is 4.79 Å². The number of alkyl halides is 2. The van der Waals surface area contributed by atoms with Crippen LogP contribution in [0.1, 0.15) is 53.1 Å². The average molecular weight is 596 g/mol. The predicted molar refractivity (Wildman–Crippen MR) is 139 cm³/mol. The van der Waals surface area contributed by atoms with Gasteiger partial charge in [-0.3, -0.25) is 9.59 Å². The Kier molecular flexibility index (Phi) is 8.25. The van der Waals surface area contributed by atoms with Crippen molar-refractivity contribution in [3.8, 4) is 0 Å². The number of carboxylic acids is 1. The van der Waals surface area contributed by atoms with Crippen molar-refractivity contribution >= 4 is 44.5 Å². The van der Waals surface area contributed by atoms with Gasteiger partial charge in [-0.15, -0.1) is 0 Å². The molecule has 2 N–H and O–H groups in total. The average Bonchev–Trinajstić information content (AvgIpc) is 2.83. The number of piperidine rings is 1. The number of aliphatic carboxylic acids is 1. The molecule has 1 atom stereocenters. The van der Waals surface area contributed by atoms with E-state index in [2.05, 4.69) is 26.2 Å². The number of amides is 1. The summed E-state index contributed by atoms with van der Waals surface area (Å²) in [4.78, 5) is 30.8. The number of hydrogen-bond donors (Lipinski definition) is 2. The van der Waals surface area contributed by atoms with Crippen molar-refractivity contribution in [2.75, 3.05) is 24.5 Å². The quantitative estimate of drug-likeness (QED) is 0.303. The molecule has 0 unspecified atom stereocenters. The molecule has 1 saturated heterocycles. The number of halogens is 5. The van der Waals surface area contributed by atoms with Crippen molar-refractivity contribution in [3.05, 3.63) is 69.2 Å². The van der Waals surface area contributed by atoms with Crippen LogP contribution in [0.15, 0.2) is 40.9 Å². The standard InChI is InChI=1S/C27H26BrF4N3O3/c1-15-23(26(38)33-13-16(6-9-22(36)37)24-19(29)4-2-5-20(24)30)18-12-17(28)7-8-21(18)34-25(15)35-11-3-10-27(31,32)14-35/h2,4-5,7-8,12,16H,3,6,9-11,13-14H2,1H3,(H,33,38)(H,36,37)/t16-/m1/s1. The molecule has 0 aliphatic carbocycles. The minimum absolute atomic E-state index is 0.108. The second kappa shape index (κ2) is 11.3.